The molecule has 5 nitrogen and oxygen atoms in total. The molecule has 2 aromatic carbocycles. The Labute approximate surface area is 170 Å². The number of aliphatic hydroxyl groups is 1. The van der Waals surface area contributed by atoms with Crippen molar-refractivity contribution in [3.63, 3.8) is 0 Å². The number of nitrogens with zero attached hydrogens (tertiary/aromatic N) is 1. The van der Waals surface area contributed by atoms with Gasteiger partial charge in [-0.05, 0) is 42.2 Å². The monoisotopic (exact) mass is 427 g/mol. The van der Waals surface area contributed by atoms with E-state index in [4.69, 9.17) is 4.74 Å². The summed E-state index contributed by atoms with van der Waals surface area (Å²) in [6.07, 6.45) is -5.92. The van der Waals surface area contributed by atoms with E-state index in [1.807, 2.05) is 0 Å². The van der Waals surface area contributed by atoms with Gasteiger partial charge in [-0.25, -0.2) is 9.18 Å². The van der Waals surface area contributed by atoms with Gasteiger partial charge in [0.25, 0.3) is 0 Å². The Bertz CT molecular complexity index is 960. The number of anilines is 1. The van der Waals surface area contributed by atoms with E-state index < -0.39 is 48.7 Å². The van der Waals surface area contributed by atoms with E-state index in [2.05, 4.69) is 0 Å². The van der Waals surface area contributed by atoms with Gasteiger partial charge in [-0.2, -0.15) is 13.2 Å². The first-order valence-electron chi connectivity index (χ1n) is 9.13. The Morgan fingerprint density at radius 1 is 1.13 bits per heavy atom. The van der Waals surface area contributed by atoms with Crippen LogP contribution in [0.2, 0.25) is 0 Å². The summed E-state index contributed by atoms with van der Waals surface area (Å²) < 4.78 is 60.7. The van der Waals surface area contributed by atoms with Crippen LogP contribution in [0.15, 0.2) is 42.5 Å². The highest BCUT2D eigenvalue weighted by atomic mass is 19.4. The minimum absolute atomic E-state index is 0.0596. The lowest BCUT2D eigenvalue weighted by Gasteiger charge is -2.42. The van der Waals surface area contributed by atoms with Gasteiger partial charge in [0.15, 0.2) is 12.3 Å². The zero-order chi connectivity index (χ0) is 22.3. The van der Waals surface area contributed by atoms with Crippen molar-refractivity contribution >= 4 is 11.7 Å². The van der Waals surface area contributed by atoms with E-state index in [1.54, 1.807) is 12.1 Å². The van der Waals surface area contributed by atoms with E-state index >= 15 is 0 Å². The summed E-state index contributed by atoms with van der Waals surface area (Å²) in [5, 5.41) is 20.8. The average Bonchev–Trinajstić information content (AvgIpc) is 2.65. The molecule has 0 saturated carbocycles. The molecule has 162 valence electrons. The van der Waals surface area contributed by atoms with Gasteiger partial charge in [0.1, 0.15) is 11.6 Å². The number of alkyl halides is 3. The third kappa shape index (κ3) is 4.07. The molecule has 1 atom stereocenters. The summed E-state index contributed by atoms with van der Waals surface area (Å²) in [5.74, 6) is -1.76. The summed E-state index contributed by atoms with van der Waals surface area (Å²) in [7, 11) is 0. The van der Waals surface area contributed by atoms with E-state index in [9.17, 15) is 32.6 Å². The van der Waals surface area contributed by atoms with Gasteiger partial charge >= 0.3 is 12.1 Å². The normalized spacial score (nSPS) is 16.6. The summed E-state index contributed by atoms with van der Waals surface area (Å²) >= 11 is 0. The van der Waals surface area contributed by atoms with Crippen molar-refractivity contribution in [3.05, 3.63) is 59.4 Å². The minimum Gasteiger partial charge on any atom is -0.508 e. The first-order chi connectivity index (χ1) is 13.8. The second kappa shape index (κ2) is 7.46. The molecule has 1 aliphatic heterocycles. The maximum absolute atomic E-state index is 14.0. The summed E-state index contributed by atoms with van der Waals surface area (Å²) in [5.41, 5.74) is -4.44. The molecule has 0 fully saturated rings. The van der Waals surface area contributed by atoms with Crippen LogP contribution in [0.3, 0.4) is 0 Å². The number of phenols is 1. The molecule has 3 rings (SSSR count). The van der Waals surface area contributed by atoms with Gasteiger partial charge in [-0.3, -0.25) is 0 Å². The highest BCUT2D eigenvalue weighted by molar-refractivity contribution is 5.97. The molecule has 0 saturated heterocycles. The number of carbonyl (C=O) groups excluding carboxylic acids is 1. The van der Waals surface area contributed by atoms with Crippen molar-refractivity contribution in [3.8, 4) is 5.75 Å². The van der Waals surface area contributed by atoms with E-state index in [1.165, 1.54) is 26.0 Å². The predicted octanol–water partition coefficient (Wildman–Crippen LogP) is 4.13. The number of carbonyl (C=O) groups is 1. The first-order valence-corrected chi connectivity index (χ1v) is 9.13. The molecule has 0 radical (unpaired) electrons. The Kier molecular flexibility index (Phi) is 5.44. The maximum Gasteiger partial charge on any atom is 0.418 e. The lowest BCUT2D eigenvalue weighted by atomic mass is 9.74. The average molecular weight is 427 g/mol. The Morgan fingerprint density at radius 3 is 2.47 bits per heavy atom. The van der Waals surface area contributed by atoms with Crippen LogP contribution >= 0.6 is 0 Å². The highest BCUT2D eigenvalue weighted by Gasteiger charge is 2.57. The highest BCUT2D eigenvalue weighted by Crippen LogP contribution is 2.44. The number of ether oxygens (including phenoxy) is 1. The van der Waals surface area contributed by atoms with Crippen LogP contribution in [-0.2, 0) is 10.2 Å². The summed E-state index contributed by atoms with van der Waals surface area (Å²) in [6, 6.07) is 9.00. The van der Waals surface area contributed by atoms with Crippen molar-refractivity contribution in [1.82, 2.24) is 0 Å². The van der Waals surface area contributed by atoms with Crippen LogP contribution < -0.4 is 4.90 Å². The topological polar surface area (TPSA) is 70.0 Å². The molecular weight excluding hydrogens is 406 g/mol. The minimum atomic E-state index is -5.05. The van der Waals surface area contributed by atoms with E-state index in [0.29, 0.717) is 0 Å². The molecule has 30 heavy (non-hydrogen) atoms. The fourth-order valence-electron chi connectivity index (χ4n) is 3.77. The number of benzene rings is 2. The van der Waals surface area contributed by atoms with E-state index in [0.717, 1.165) is 23.1 Å². The molecule has 0 amide bonds. The Hall–Kier alpha value is -2.81. The molecular formula is C21H21F4NO4. The third-order valence-corrected chi connectivity index (χ3v) is 5.22. The third-order valence-electron chi connectivity index (χ3n) is 5.22. The van der Waals surface area contributed by atoms with Crippen molar-refractivity contribution in [2.24, 2.45) is 0 Å². The van der Waals surface area contributed by atoms with E-state index in [-0.39, 0.29) is 22.6 Å². The molecule has 1 aliphatic rings. The molecule has 9 heteroatoms. The van der Waals surface area contributed by atoms with Crippen LogP contribution in [0.1, 0.15) is 36.2 Å². The van der Waals surface area contributed by atoms with Crippen molar-refractivity contribution in [2.75, 3.05) is 18.2 Å². The van der Waals surface area contributed by atoms with Crippen LogP contribution in [0.5, 0.6) is 5.75 Å². The maximum atomic E-state index is 14.0. The molecule has 0 aliphatic carbocycles. The zero-order valence-corrected chi connectivity index (χ0v) is 16.3. The molecule has 2 aromatic rings. The number of hydrogen-bond acceptors (Lipinski definition) is 5. The number of cyclic esters (lactones) is 1. The van der Waals surface area contributed by atoms with Crippen molar-refractivity contribution in [1.29, 1.82) is 0 Å². The number of hydrogen-bond donors (Lipinski definition) is 2. The number of rotatable bonds is 5. The number of esters is 1. The fraction of sp³-hybridized carbons (Fsp3) is 0.381. The summed E-state index contributed by atoms with van der Waals surface area (Å²) in [6.45, 7) is 1.38. The lowest BCUT2D eigenvalue weighted by molar-refractivity contribution is -0.263. The lowest BCUT2D eigenvalue weighted by Crippen LogP contribution is -2.57. The number of β-amino-alcohol motifs (C(OH)–C–C–N with tert-alkyl or cyclic N) is 1. The molecule has 0 aromatic heterocycles. The molecule has 1 heterocycles. The molecule has 0 bridgehead atoms. The van der Waals surface area contributed by atoms with Gasteiger partial charge in [-0.1, -0.05) is 26.0 Å². The quantitative estimate of drug-likeness (QED) is 0.555. The SMILES string of the molecule is CC(C)(CC(O)(CN1COC(=O)c2ccccc21)C(F)(F)F)c1cc(F)ccc1O. The van der Waals surface area contributed by atoms with Gasteiger partial charge in [0.05, 0.1) is 17.8 Å². The number of halogens is 4. The molecule has 0 spiro atoms. The number of para-hydroxylation sites is 1. The summed E-state index contributed by atoms with van der Waals surface area (Å²) in [4.78, 5) is 13.0. The van der Waals surface area contributed by atoms with Gasteiger partial charge in [0, 0.05) is 5.56 Å². The van der Waals surface area contributed by atoms with Gasteiger partial charge in [0.2, 0.25) is 0 Å². The smallest absolute Gasteiger partial charge is 0.418 e. The van der Waals surface area contributed by atoms with Gasteiger partial charge in [-0.15, -0.1) is 0 Å². The molecule has 1 unspecified atom stereocenters. The second-order valence-corrected chi connectivity index (χ2v) is 8.03. The largest absolute Gasteiger partial charge is 0.508 e. The zero-order valence-electron chi connectivity index (χ0n) is 16.3. The number of phenolic OH excluding ortho intramolecular Hbond substituents is 1. The fourth-order valence-corrected chi connectivity index (χ4v) is 3.77. The van der Waals surface area contributed by atoms with Crippen molar-refractivity contribution in [2.45, 2.75) is 37.5 Å². The Balaban J connectivity index is 1.97. The van der Waals surface area contributed by atoms with Crippen LogP contribution in [0, 0.1) is 5.82 Å². The van der Waals surface area contributed by atoms with Crippen LogP contribution in [0.4, 0.5) is 23.2 Å². The number of aromatic hydroxyl groups is 1. The second-order valence-electron chi connectivity index (χ2n) is 8.03. The Morgan fingerprint density at radius 2 is 1.80 bits per heavy atom. The van der Waals surface area contributed by atoms with Crippen LogP contribution in [-0.4, -0.2) is 41.2 Å². The standard InChI is InChI=1S/C21H21F4NO4/c1-19(2,15-9-13(22)7-8-17(15)27)10-20(29,21(23,24)25)11-26-12-30-18(28)14-5-3-4-6-16(14)26/h3-9,27,29H,10-12H2,1-2H3. The van der Waals surface area contributed by atoms with Crippen molar-refractivity contribution < 1.29 is 37.3 Å². The number of fused-ring (bicyclic) bond motifs is 1. The predicted molar refractivity (Wildman–Crippen MR) is 101 cm³/mol. The van der Waals surface area contributed by atoms with Crippen LogP contribution in [0.25, 0.3) is 0 Å². The first kappa shape index (κ1) is 21.9. The van der Waals surface area contributed by atoms with Gasteiger partial charge < -0.3 is 19.8 Å². The molecule has 2 N–H and O–H groups in total.